The molecule has 2 aromatic carbocycles. The molecule has 138 valence electrons. The number of para-hydroxylation sites is 2. The van der Waals surface area contributed by atoms with E-state index in [1.165, 1.54) is 22.6 Å². The zero-order valence-electron chi connectivity index (χ0n) is 15.7. The van der Waals surface area contributed by atoms with Gasteiger partial charge in [0.2, 0.25) is 0 Å². The molecular weight excluding hydrogens is 366 g/mol. The Morgan fingerprint density at radius 2 is 1.79 bits per heavy atom. The standard InChI is InChI=1S/C23H19N3OS/c1-15-12-18(16(2)25(15)14-17-8-4-3-5-9-17)13-21-22(27)26-20-11-7-6-10-19(20)24-23(26)28-21/h3-13H,14H2,1-2H3/b21-13-. The lowest BCUT2D eigenvalue weighted by molar-refractivity contribution is 0.749. The van der Waals surface area contributed by atoms with Gasteiger partial charge in [0.05, 0.1) is 15.6 Å². The summed E-state index contributed by atoms with van der Waals surface area (Å²) in [6.45, 7) is 5.05. The highest BCUT2D eigenvalue weighted by atomic mass is 32.1. The summed E-state index contributed by atoms with van der Waals surface area (Å²) >= 11 is 1.45. The summed E-state index contributed by atoms with van der Waals surface area (Å²) in [5, 5.41) is 0. The van der Waals surface area contributed by atoms with E-state index in [0.29, 0.717) is 4.53 Å². The average Bonchev–Trinajstić information content (AvgIpc) is 3.30. The molecule has 0 saturated carbocycles. The maximum atomic E-state index is 13.0. The van der Waals surface area contributed by atoms with Gasteiger partial charge in [0.25, 0.3) is 5.56 Å². The van der Waals surface area contributed by atoms with Crippen LogP contribution in [0.15, 0.2) is 65.5 Å². The first-order valence-electron chi connectivity index (χ1n) is 9.24. The largest absolute Gasteiger partial charge is 0.344 e. The van der Waals surface area contributed by atoms with E-state index in [4.69, 9.17) is 0 Å². The van der Waals surface area contributed by atoms with Crippen LogP contribution in [-0.2, 0) is 6.54 Å². The van der Waals surface area contributed by atoms with Crippen LogP contribution >= 0.6 is 11.3 Å². The van der Waals surface area contributed by atoms with Crippen molar-refractivity contribution in [2.24, 2.45) is 0 Å². The summed E-state index contributed by atoms with van der Waals surface area (Å²) in [5.41, 5.74) is 6.43. The zero-order chi connectivity index (χ0) is 19.3. The summed E-state index contributed by atoms with van der Waals surface area (Å²) in [6.07, 6.45) is 2.00. The lowest BCUT2D eigenvalue weighted by Crippen LogP contribution is -2.22. The summed E-state index contributed by atoms with van der Waals surface area (Å²) in [4.78, 5) is 18.3. The van der Waals surface area contributed by atoms with Gasteiger partial charge in [0.1, 0.15) is 0 Å². The molecule has 0 aliphatic heterocycles. The molecule has 0 amide bonds. The smallest absolute Gasteiger partial charge is 0.274 e. The van der Waals surface area contributed by atoms with E-state index in [9.17, 15) is 4.79 Å². The fourth-order valence-corrected chi connectivity index (χ4v) is 4.71. The fraction of sp³-hybridized carbons (Fsp3) is 0.130. The molecule has 0 unspecified atom stereocenters. The number of aromatic nitrogens is 3. The van der Waals surface area contributed by atoms with Crippen LogP contribution in [0.5, 0.6) is 0 Å². The molecule has 5 rings (SSSR count). The van der Waals surface area contributed by atoms with Gasteiger partial charge in [-0.05, 0) is 49.2 Å². The van der Waals surface area contributed by atoms with E-state index >= 15 is 0 Å². The molecule has 0 radical (unpaired) electrons. The molecule has 28 heavy (non-hydrogen) atoms. The van der Waals surface area contributed by atoms with E-state index < -0.39 is 0 Å². The minimum atomic E-state index is 0.00145. The lowest BCUT2D eigenvalue weighted by atomic mass is 10.2. The Kier molecular flexibility index (Phi) is 3.91. The third-order valence-electron chi connectivity index (χ3n) is 5.23. The first-order chi connectivity index (χ1) is 13.6. The minimum absolute atomic E-state index is 0.00145. The number of benzene rings is 2. The molecule has 5 heteroatoms. The molecule has 3 heterocycles. The van der Waals surface area contributed by atoms with E-state index in [1.54, 1.807) is 4.40 Å². The van der Waals surface area contributed by atoms with Crippen LogP contribution < -0.4 is 10.1 Å². The SMILES string of the molecule is Cc1cc(/C=c2\sc3nc4ccccc4n3c2=O)c(C)n1Cc1ccccc1. The second kappa shape index (κ2) is 6.46. The molecule has 5 aromatic rings. The van der Waals surface area contributed by atoms with Crippen LogP contribution in [0.25, 0.3) is 22.1 Å². The van der Waals surface area contributed by atoms with E-state index in [2.05, 4.69) is 53.7 Å². The Bertz CT molecular complexity index is 1420. The lowest BCUT2D eigenvalue weighted by Gasteiger charge is -2.09. The Labute approximate surface area is 166 Å². The third kappa shape index (κ3) is 2.67. The van der Waals surface area contributed by atoms with Crippen molar-refractivity contribution in [3.63, 3.8) is 0 Å². The van der Waals surface area contributed by atoms with Crippen molar-refractivity contribution in [3.8, 4) is 0 Å². The maximum absolute atomic E-state index is 13.0. The zero-order valence-corrected chi connectivity index (χ0v) is 16.5. The Balaban J connectivity index is 1.63. The second-order valence-corrected chi connectivity index (χ2v) is 8.04. The van der Waals surface area contributed by atoms with E-state index in [0.717, 1.165) is 33.8 Å². The molecule has 0 aliphatic carbocycles. The number of rotatable bonds is 3. The Hall–Kier alpha value is -3.18. The van der Waals surface area contributed by atoms with Crippen LogP contribution in [0, 0.1) is 13.8 Å². The number of hydrogen-bond donors (Lipinski definition) is 0. The van der Waals surface area contributed by atoms with Crippen molar-refractivity contribution < 1.29 is 0 Å². The molecule has 0 fully saturated rings. The highest BCUT2D eigenvalue weighted by Crippen LogP contribution is 2.19. The predicted molar refractivity (Wildman–Crippen MR) is 115 cm³/mol. The number of aryl methyl sites for hydroxylation is 1. The fourth-order valence-electron chi connectivity index (χ4n) is 3.74. The Morgan fingerprint density at radius 3 is 2.61 bits per heavy atom. The predicted octanol–water partition coefficient (Wildman–Crippen LogP) is 3.92. The third-order valence-corrected chi connectivity index (χ3v) is 6.20. The van der Waals surface area contributed by atoms with Crippen LogP contribution in [0.1, 0.15) is 22.5 Å². The van der Waals surface area contributed by atoms with Crippen molar-refractivity contribution in [2.45, 2.75) is 20.4 Å². The molecule has 0 aliphatic rings. The second-order valence-electron chi connectivity index (χ2n) is 7.03. The molecule has 0 bridgehead atoms. The van der Waals surface area contributed by atoms with Gasteiger partial charge in [-0.25, -0.2) is 9.38 Å². The molecule has 0 N–H and O–H groups in total. The normalized spacial score (nSPS) is 12.4. The van der Waals surface area contributed by atoms with Gasteiger partial charge in [-0.1, -0.05) is 53.8 Å². The summed E-state index contributed by atoms with van der Waals surface area (Å²) in [6, 6.07) is 20.3. The molecule has 3 aromatic heterocycles. The highest BCUT2D eigenvalue weighted by molar-refractivity contribution is 7.15. The number of thiazole rings is 1. The van der Waals surface area contributed by atoms with Crippen molar-refractivity contribution >= 4 is 33.4 Å². The maximum Gasteiger partial charge on any atom is 0.274 e. The average molecular weight is 385 g/mol. The van der Waals surface area contributed by atoms with Crippen molar-refractivity contribution in [1.29, 1.82) is 0 Å². The van der Waals surface area contributed by atoms with Gasteiger partial charge in [-0.2, -0.15) is 0 Å². The molecule has 0 spiro atoms. The number of imidazole rings is 1. The van der Waals surface area contributed by atoms with Gasteiger partial charge in [0.15, 0.2) is 4.96 Å². The Morgan fingerprint density at radius 1 is 1.04 bits per heavy atom. The summed E-state index contributed by atoms with van der Waals surface area (Å²) < 4.78 is 4.72. The first kappa shape index (κ1) is 17.0. The van der Waals surface area contributed by atoms with Gasteiger partial charge in [-0.15, -0.1) is 0 Å². The van der Waals surface area contributed by atoms with Crippen molar-refractivity contribution in [3.05, 3.63) is 98.1 Å². The summed E-state index contributed by atoms with van der Waals surface area (Å²) in [5.74, 6) is 0. The molecular formula is C23H19N3OS. The summed E-state index contributed by atoms with van der Waals surface area (Å²) in [7, 11) is 0. The van der Waals surface area contributed by atoms with Crippen molar-refractivity contribution in [1.82, 2.24) is 14.0 Å². The quantitative estimate of drug-likeness (QED) is 0.472. The van der Waals surface area contributed by atoms with E-state index in [-0.39, 0.29) is 5.56 Å². The van der Waals surface area contributed by atoms with Gasteiger partial charge < -0.3 is 4.57 Å². The van der Waals surface area contributed by atoms with Crippen molar-refractivity contribution in [2.75, 3.05) is 0 Å². The first-order valence-corrected chi connectivity index (χ1v) is 10.1. The minimum Gasteiger partial charge on any atom is -0.344 e. The molecule has 0 atom stereocenters. The van der Waals surface area contributed by atoms with Gasteiger partial charge in [-0.3, -0.25) is 4.79 Å². The number of hydrogen-bond acceptors (Lipinski definition) is 3. The van der Waals surface area contributed by atoms with Crippen LogP contribution in [0.3, 0.4) is 0 Å². The van der Waals surface area contributed by atoms with Gasteiger partial charge in [0, 0.05) is 17.9 Å². The monoisotopic (exact) mass is 385 g/mol. The van der Waals surface area contributed by atoms with E-state index in [1.807, 2.05) is 36.4 Å². The van der Waals surface area contributed by atoms with Crippen LogP contribution in [0.4, 0.5) is 0 Å². The van der Waals surface area contributed by atoms with Crippen LogP contribution in [-0.4, -0.2) is 14.0 Å². The highest BCUT2D eigenvalue weighted by Gasteiger charge is 2.12. The number of nitrogens with zero attached hydrogens (tertiary/aromatic N) is 3. The van der Waals surface area contributed by atoms with Gasteiger partial charge >= 0.3 is 0 Å². The number of fused-ring (bicyclic) bond motifs is 3. The molecule has 4 nitrogen and oxygen atoms in total. The van der Waals surface area contributed by atoms with Crippen LogP contribution in [0.2, 0.25) is 0 Å². The topological polar surface area (TPSA) is 39.3 Å². The molecule has 0 saturated heterocycles.